The highest BCUT2D eigenvalue weighted by atomic mass is 16.5. The third-order valence-corrected chi connectivity index (χ3v) is 3.43. The lowest BCUT2D eigenvalue weighted by Gasteiger charge is -2.20. The van der Waals surface area contributed by atoms with E-state index in [-0.39, 0.29) is 11.9 Å². The molecule has 1 unspecified atom stereocenters. The second-order valence-corrected chi connectivity index (χ2v) is 4.67. The van der Waals surface area contributed by atoms with E-state index in [2.05, 4.69) is 31.2 Å². The van der Waals surface area contributed by atoms with Gasteiger partial charge in [-0.1, -0.05) is 35.4 Å². The Hall–Kier alpha value is -1.57. The van der Waals surface area contributed by atoms with Crippen LogP contribution in [0.15, 0.2) is 23.8 Å². The second-order valence-electron chi connectivity index (χ2n) is 4.67. The first-order valence-electron chi connectivity index (χ1n) is 5.99. The zero-order valence-electron chi connectivity index (χ0n) is 10.6. The molecule has 0 saturated heterocycles. The number of fused-ring (bicyclic) bond motifs is 1. The number of carbonyl (C=O) groups excluding carboxylic acids is 1. The van der Waals surface area contributed by atoms with E-state index in [0.717, 1.165) is 12.8 Å². The topological polar surface area (TPSA) is 26.3 Å². The molecule has 2 heteroatoms. The van der Waals surface area contributed by atoms with Gasteiger partial charge in [0.05, 0.1) is 13.0 Å². The Labute approximate surface area is 102 Å². The monoisotopic (exact) mass is 230 g/mol. The van der Waals surface area contributed by atoms with Gasteiger partial charge in [-0.05, 0) is 37.8 Å². The van der Waals surface area contributed by atoms with Crippen molar-refractivity contribution >= 4 is 12.0 Å². The Bertz CT molecular complexity index is 472. The van der Waals surface area contributed by atoms with Crippen molar-refractivity contribution in [1.82, 2.24) is 0 Å². The molecule has 0 aromatic heterocycles. The average molecular weight is 230 g/mol. The van der Waals surface area contributed by atoms with Crippen molar-refractivity contribution < 1.29 is 9.53 Å². The largest absolute Gasteiger partial charge is 0.469 e. The van der Waals surface area contributed by atoms with Crippen LogP contribution in [0.5, 0.6) is 0 Å². The van der Waals surface area contributed by atoms with Crippen molar-refractivity contribution in [3.8, 4) is 0 Å². The molecule has 0 bridgehead atoms. The summed E-state index contributed by atoms with van der Waals surface area (Å²) in [5.74, 6) is -0.277. The molecule has 1 aromatic carbocycles. The summed E-state index contributed by atoms with van der Waals surface area (Å²) >= 11 is 0. The minimum Gasteiger partial charge on any atom is -0.469 e. The molecule has 17 heavy (non-hydrogen) atoms. The van der Waals surface area contributed by atoms with Gasteiger partial charge in [-0.15, -0.1) is 0 Å². The standard InChI is InChI=1S/C15H18O2/c1-10-4-5-14-9-12(6-7-13(14)8-10)11(2)15(16)17-3/h4-5,8-9,11H,6-7H2,1-3H3. The number of esters is 1. The maximum atomic E-state index is 11.5. The van der Waals surface area contributed by atoms with E-state index in [1.54, 1.807) is 0 Å². The predicted molar refractivity (Wildman–Crippen MR) is 68.7 cm³/mol. The Morgan fingerprint density at radius 2 is 2.12 bits per heavy atom. The molecule has 0 N–H and O–H groups in total. The van der Waals surface area contributed by atoms with E-state index in [4.69, 9.17) is 4.74 Å². The van der Waals surface area contributed by atoms with Gasteiger partial charge in [0.25, 0.3) is 0 Å². The van der Waals surface area contributed by atoms with E-state index in [1.165, 1.54) is 29.4 Å². The highest BCUT2D eigenvalue weighted by Gasteiger charge is 2.21. The normalized spacial score (nSPS) is 15.8. The van der Waals surface area contributed by atoms with Crippen LogP contribution in [-0.2, 0) is 16.0 Å². The van der Waals surface area contributed by atoms with Gasteiger partial charge in [-0.3, -0.25) is 4.79 Å². The fourth-order valence-electron chi connectivity index (χ4n) is 2.31. The summed E-state index contributed by atoms with van der Waals surface area (Å²) in [6, 6.07) is 6.47. The van der Waals surface area contributed by atoms with Crippen molar-refractivity contribution in [2.75, 3.05) is 7.11 Å². The molecule has 2 nitrogen and oxygen atoms in total. The molecule has 90 valence electrons. The maximum Gasteiger partial charge on any atom is 0.312 e. The third-order valence-electron chi connectivity index (χ3n) is 3.43. The smallest absolute Gasteiger partial charge is 0.312 e. The molecule has 0 heterocycles. The van der Waals surface area contributed by atoms with Crippen LogP contribution < -0.4 is 0 Å². The number of benzene rings is 1. The first kappa shape index (κ1) is 11.9. The maximum absolute atomic E-state index is 11.5. The predicted octanol–water partition coefficient (Wildman–Crippen LogP) is 3.13. The summed E-state index contributed by atoms with van der Waals surface area (Å²) in [5, 5.41) is 0. The minimum atomic E-state index is -0.146. The van der Waals surface area contributed by atoms with Gasteiger partial charge >= 0.3 is 5.97 Å². The molecule has 0 aliphatic heterocycles. The number of hydrogen-bond donors (Lipinski definition) is 0. The van der Waals surface area contributed by atoms with Gasteiger partial charge in [-0.2, -0.15) is 0 Å². The van der Waals surface area contributed by atoms with Crippen LogP contribution in [0.4, 0.5) is 0 Å². The molecule has 1 aromatic rings. The molecular weight excluding hydrogens is 212 g/mol. The van der Waals surface area contributed by atoms with Gasteiger partial charge in [0.1, 0.15) is 0 Å². The van der Waals surface area contributed by atoms with Crippen LogP contribution in [0, 0.1) is 12.8 Å². The summed E-state index contributed by atoms with van der Waals surface area (Å²) < 4.78 is 4.79. The van der Waals surface area contributed by atoms with Gasteiger partial charge in [0.2, 0.25) is 0 Å². The summed E-state index contributed by atoms with van der Waals surface area (Å²) in [7, 11) is 1.44. The number of ether oxygens (including phenoxy) is 1. The highest BCUT2D eigenvalue weighted by Crippen LogP contribution is 2.29. The molecule has 1 atom stereocenters. The van der Waals surface area contributed by atoms with Crippen LogP contribution >= 0.6 is 0 Å². The first-order chi connectivity index (χ1) is 8.11. The van der Waals surface area contributed by atoms with Gasteiger partial charge in [0.15, 0.2) is 0 Å². The van der Waals surface area contributed by atoms with Crippen LogP contribution in [0.2, 0.25) is 0 Å². The number of carbonyl (C=O) groups is 1. The number of rotatable bonds is 2. The molecule has 0 fully saturated rings. The van der Waals surface area contributed by atoms with Crippen LogP contribution in [0.1, 0.15) is 30.0 Å². The van der Waals surface area contributed by atoms with Gasteiger partial charge in [-0.25, -0.2) is 0 Å². The summed E-state index contributed by atoms with van der Waals surface area (Å²) in [5.41, 5.74) is 5.09. The molecule has 0 saturated carbocycles. The van der Waals surface area contributed by atoms with Crippen molar-refractivity contribution in [3.05, 3.63) is 40.5 Å². The number of aryl methyl sites for hydroxylation is 2. The van der Waals surface area contributed by atoms with Gasteiger partial charge < -0.3 is 4.74 Å². The average Bonchev–Trinajstić information content (AvgIpc) is 2.36. The lowest BCUT2D eigenvalue weighted by atomic mass is 9.86. The van der Waals surface area contributed by atoms with Crippen LogP contribution in [0.25, 0.3) is 6.08 Å². The Morgan fingerprint density at radius 3 is 2.82 bits per heavy atom. The van der Waals surface area contributed by atoms with E-state index in [1.807, 2.05) is 6.92 Å². The van der Waals surface area contributed by atoms with Crippen molar-refractivity contribution in [2.24, 2.45) is 5.92 Å². The third kappa shape index (κ3) is 2.41. The molecule has 1 aliphatic rings. The highest BCUT2D eigenvalue weighted by molar-refractivity contribution is 5.78. The van der Waals surface area contributed by atoms with E-state index in [9.17, 15) is 4.79 Å². The lowest BCUT2D eigenvalue weighted by molar-refractivity contribution is -0.143. The van der Waals surface area contributed by atoms with Crippen molar-refractivity contribution in [2.45, 2.75) is 26.7 Å². The van der Waals surface area contributed by atoms with E-state index >= 15 is 0 Å². The molecule has 0 radical (unpaired) electrons. The van der Waals surface area contributed by atoms with Crippen molar-refractivity contribution in [1.29, 1.82) is 0 Å². The van der Waals surface area contributed by atoms with Crippen molar-refractivity contribution in [3.63, 3.8) is 0 Å². The quantitative estimate of drug-likeness (QED) is 0.730. The molecule has 0 amide bonds. The number of methoxy groups -OCH3 is 1. The second kappa shape index (κ2) is 4.74. The minimum absolute atomic E-state index is 0.130. The SMILES string of the molecule is COC(=O)C(C)C1=Cc2ccc(C)cc2CC1. The van der Waals surface area contributed by atoms with Gasteiger partial charge in [0, 0.05) is 0 Å². The molecule has 1 aliphatic carbocycles. The van der Waals surface area contributed by atoms with Crippen LogP contribution in [0.3, 0.4) is 0 Å². The number of hydrogen-bond acceptors (Lipinski definition) is 2. The summed E-state index contributed by atoms with van der Waals surface area (Å²) in [4.78, 5) is 11.5. The lowest BCUT2D eigenvalue weighted by Crippen LogP contribution is -2.17. The first-order valence-corrected chi connectivity index (χ1v) is 5.99. The van der Waals surface area contributed by atoms with E-state index < -0.39 is 0 Å². The fraction of sp³-hybridized carbons (Fsp3) is 0.400. The zero-order valence-corrected chi connectivity index (χ0v) is 10.6. The molecular formula is C15H18O2. The Balaban J connectivity index is 2.29. The molecule has 2 rings (SSSR count). The van der Waals surface area contributed by atoms with Crippen LogP contribution in [-0.4, -0.2) is 13.1 Å². The Morgan fingerprint density at radius 1 is 1.35 bits per heavy atom. The summed E-state index contributed by atoms with van der Waals surface area (Å²) in [6.45, 7) is 4.02. The fourth-order valence-corrected chi connectivity index (χ4v) is 2.31. The Kier molecular flexibility index (Phi) is 3.32. The molecule has 0 spiro atoms. The zero-order chi connectivity index (χ0) is 12.4. The summed E-state index contributed by atoms with van der Waals surface area (Å²) in [6.07, 6.45) is 4.11. The van der Waals surface area contributed by atoms with E-state index in [0.29, 0.717) is 0 Å².